The first-order chi connectivity index (χ1) is 19.2. The van der Waals surface area contributed by atoms with Gasteiger partial charge in [0.1, 0.15) is 0 Å². The normalized spacial score (nSPS) is 11.3. The SMILES string of the molecule is CCc1ccc(CCOc2c(OCCCC(C)C)c(OCCCC(C)C)c(OC(C)=O)c3c(Cl)cccc23)cc1. The van der Waals surface area contributed by atoms with Crippen LogP contribution in [0.2, 0.25) is 5.02 Å². The van der Waals surface area contributed by atoms with E-state index in [4.69, 9.17) is 30.5 Å². The summed E-state index contributed by atoms with van der Waals surface area (Å²) >= 11 is 6.72. The average Bonchev–Trinajstić information content (AvgIpc) is 2.91. The molecule has 0 N–H and O–H groups in total. The summed E-state index contributed by atoms with van der Waals surface area (Å²) in [5.41, 5.74) is 2.50. The van der Waals surface area contributed by atoms with E-state index in [1.54, 1.807) is 6.07 Å². The average molecular weight is 569 g/mol. The summed E-state index contributed by atoms with van der Waals surface area (Å²) in [5, 5.41) is 1.75. The summed E-state index contributed by atoms with van der Waals surface area (Å²) in [6.07, 6.45) is 5.52. The molecule has 0 aliphatic heterocycles. The Morgan fingerprint density at radius 2 is 1.30 bits per heavy atom. The summed E-state index contributed by atoms with van der Waals surface area (Å²) in [6.45, 7) is 13.7. The van der Waals surface area contributed by atoms with Crippen molar-refractivity contribution in [2.24, 2.45) is 11.8 Å². The van der Waals surface area contributed by atoms with Crippen molar-refractivity contribution in [2.75, 3.05) is 19.8 Å². The molecule has 0 unspecified atom stereocenters. The number of benzene rings is 3. The molecule has 0 radical (unpaired) electrons. The number of rotatable bonds is 16. The van der Waals surface area contributed by atoms with Crippen molar-refractivity contribution in [1.82, 2.24) is 0 Å². The van der Waals surface area contributed by atoms with E-state index in [0.717, 1.165) is 43.9 Å². The second-order valence-corrected chi connectivity index (χ2v) is 11.5. The summed E-state index contributed by atoms with van der Waals surface area (Å²) in [7, 11) is 0. The molecule has 0 aliphatic rings. The number of hydrogen-bond donors (Lipinski definition) is 0. The van der Waals surface area contributed by atoms with Gasteiger partial charge in [0, 0.05) is 18.7 Å². The third kappa shape index (κ3) is 9.05. The molecule has 5 nitrogen and oxygen atoms in total. The molecular weight excluding hydrogens is 524 g/mol. The maximum Gasteiger partial charge on any atom is 0.308 e. The fourth-order valence-corrected chi connectivity index (χ4v) is 4.84. The Bertz CT molecular complexity index is 1230. The minimum atomic E-state index is -0.455. The number of hydrogen-bond acceptors (Lipinski definition) is 5. The number of carbonyl (C=O) groups is 1. The van der Waals surface area contributed by atoms with E-state index in [1.807, 2.05) is 12.1 Å². The van der Waals surface area contributed by atoms with Gasteiger partial charge in [-0.1, -0.05) is 82.6 Å². The van der Waals surface area contributed by atoms with Crippen molar-refractivity contribution >= 4 is 28.3 Å². The van der Waals surface area contributed by atoms with Crippen LogP contribution in [0.3, 0.4) is 0 Å². The molecule has 3 aromatic rings. The van der Waals surface area contributed by atoms with Crippen LogP contribution in [0.1, 0.15) is 78.4 Å². The van der Waals surface area contributed by atoms with E-state index in [-0.39, 0.29) is 5.75 Å². The second kappa shape index (κ2) is 15.8. The second-order valence-electron chi connectivity index (χ2n) is 11.1. The van der Waals surface area contributed by atoms with E-state index in [1.165, 1.54) is 18.1 Å². The third-order valence-corrected chi connectivity index (χ3v) is 7.08. The fraction of sp³-hybridized carbons (Fsp3) is 0.500. The molecule has 3 rings (SSSR count). The summed E-state index contributed by atoms with van der Waals surface area (Å²) in [6, 6.07) is 14.2. The molecule has 3 aromatic carbocycles. The summed E-state index contributed by atoms with van der Waals surface area (Å²) in [5.74, 6) is 2.33. The van der Waals surface area contributed by atoms with Gasteiger partial charge in [-0.3, -0.25) is 4.79 Å². The Labute approximate surface area is 245 Å². The summed E-state index contributed by atoms with van der Waals surface area (Å²) < 4.78 is 25.0. The minimum absolute atomic E-state index is 0.277. The van der Waals surface area contributed by atoms with Crippen LogP contribution in [0.4, 0.5) is 0 Å². The van der Waals surface area contributed by atoms with Crippen LogP contribution in [-0.2, 0) is 17.6 Å². The van der Waals surface area contributed by atoms with Crippen LogP contribution >= 0.6 is 11.6 Å². The number of ether oxygens (including phenoxy) is 4. The van der Waals surface area contributed by atoms with Gasteiger partial charge in [0.05, 0.1) is 30.2 Å². The molecular formula is C34H45ClO5. The molecule has 0 aromatic heterocycles. The van der Waals surface area contributed by atoms with Crippen LogP contribution in [0, 0.1) is 11.8 Å². The predicted molar refractivity (Wildman–Crippen MR) is 164 cm³/mol. The fourth-order valence-electron chi connectivity index (χ4n) is 4.58. The van der Waals surface area contributed by atoms with Gasteiger partial charge in [-0.25, -0.2) is 0 Å². The van der Waals surface area contributed by atoms with Crippen molar-refractivity contribution in [1.29, 1.82) is 0 Å². The molecule has 0 saturated heterocycles. The molecule has 0 heterocycles. The first-order valence-corrected chi connectivity index (χ1v) is 15.0. The zero-order chi connectivity index (χ0) is 29.1. The molecule has 40 heavy (non-hydrogen) atoms. The Balaban J connectivity index is 2.06. The van der Waals surface area contributed by atoms with Crippen molar-refractivity contribution in [3.63, 3.8) is 0 Å². The highest BCUT2D eigenvalue weighted by Gasteiger charge is 2.27. The molecule has 0 aliphatic carbocycles. The zero-order valence-electron chi connectivity index (χ0n) is 25.0. The quantitative estimate of drug-likeness (QED) is 0.0979. The Kier molecular flexibility index (Phi) is 12.5. The maximum atomic E-state index is 12.3. The van der Waals surface area contributed by atoms with Gasteiger partial charge >= 0.3 is 5.97 Å². The number of halogens is 1. The van der Waals surface area contributed by atoms with Crippen LogP contribution in [0.5, 0.6) is 23.0 Å². The lowest BCUT2D eigenvalue weighted by Gasteiger charge is -2.23. The number of esters is 1. The Morgan fingerprint density at radius 3 is 1.85 bits per heavy atom. The summed E-state index contributed by atoms with van der Waals surface area (Å²) in [4.78, 5) is 12.3. The van der Waals surface area contributed by atoms with Crippen molar-refractivity contribution < 1.29 is 23.7 Å². The first kappa shape index (κ1) is 31.6. The van der Waals surface area contributed by atoms with E-state index < -0.39 is 5.97 Å². The van der Waals surface area contributed by atoms with Gasteiger partial charge < -0.3 is 18.9 Å². The van der Waals surface area contributed by atoms with Gasteiger partial charge in [-0.2, -0.15) is 0 Å². The smallest absolute Gasteiger partial charge is 0.308 e. The standard InChI is InChI=1S/C34H45ClO5/c1-7-26-15-17-27(18-16-26)19-22-39-31-28-13-8-14-29(35)30(28)32(40-25(6)36)34(38-21-10-12-24(4)5)33(31)37-20-9-11-23(2)3/h8,13-18,23-24H,7,9-12,19-22H2,1-6H3. The lowest BCUT2D eigenvalue weighted by atomic mass is 10.1. The number of aryl methyl sites for hydroxylation is 1. The van der Waals surface area contributed by atoms with Gasteiger partial charge in [-0.05, 0) is 61.1 Å². The molecule has 0 saturated carbocycles. The van der Waals surface area contributed by atoms with Gasteiger partial charge in [-0.15, -0.1) is 0 Å². The highest BCUT2D eigenvalue weighted by molar-refractivity contribution is 6.36. The van der Waals surface area contributed by atoms with E-state index in [2.05, 4.69) is 58.9 Å². The molecule has 0 bridgehead atoms. The first-order valence-electron chi connectivity index (χ1n) is 14.6. The van der Waals surface area contributed by atoms with E-state index >= 15 is 0 Å². The highest BCUT2D eigenvalue weighted by atomic mass is 35.5. The van der Waals surface area contributed by atoms with Crippen LogP contribution in [-0.4, -0.2) is 25.8 Å². The van der Waals surface area contributed by atoms with Crippen molar-refractivity contribution in [3.05, 3.63) is 58.6 Å². The molecule has 0 amide bonds. The maximum absolute atomic E-state index is 12.3. The van der Waals surface area contributed by atoms with E-state index in [9.17, 15) is 4.79 Å². The third-order valence-electron chi connectivity index (χ3n) is 6.76. The van der Waals surface area contributed by atoms with Crippen molar-refractivity contribution in [3.8, 4) is 23.0 Å². The van der Waals surface area contributed by atoms with Gasteiger partial charge in [0.2, 0.25) is 11.5 Å². The molecule has 0 spiro atoms. The number of carbonyl (C=O) groups excluding carboxylic acids is 1. The molecule has 0 atom stereocenters. The van der Waals surface area contributed by atoms with Crippen LogP contribution < -0.4 is 18.9 Å². The predicted octanol–water partition coefficient (Wildman–Crippen LogP) is 9.23. The Morgan fingerprint density at radius 1 is 0.750 bits per heavy atom. The topological polar surface area (TPSA) is 54.0 Å². The van der Waals surface area contributed by atoms with Crippen LogP contribution in [0.15, 0.2) is 42.5 Å². The van der Waals surface area contributed by atoms with Gasteiger partial charge in [0.25, 0.3) is 0 Å². The lowest BCUT2D eigenvalue weighted by Crippen LogP contribution is -2.11. The van der Waals surface area contributed by atoms with Gasteiger partial charge in [0.15, 0.2) is 11.5 Å². The Hall–Kier alpha value is -2.92. The minimum Gasteiger partial charge on any atom is -0.489 e. The molecule has 218 valence electrons. The van der Waals surface area contributed by atoms with E-state index in [0.29, 0.717) is 59.3 Å². The lowest BCUT2D eigenvalue weighted by molar-refractivity contribution is -0.131. The number of fused-ring (bicyclic) bond motifs is 1. The van der Waals surface area contributed by atoms with Crippen molar-refractivity contribution in [2.45, 2.75) is 80.1 Å². The monoisotopic (exact) mass is 568 g/mol. The highest BCUT2D eigenvalue weighted by Crippen LogP contribution is 2.53. The largest absolute Gasteiger partial charge is 0.489 e. The zero-order valence-corrected chi connectivity index (χ0v) is 25.7. The molecule has 0 fully saturated rings. The van der Waals surface area contributed by atoms with Crippen LogP contribution in [0.25, 0.3) is 10.8 Å². The molecule has 6 heteroatoms.